The molecule has 0 radical (unpaired) electrons. The first-order chi connectivity index (χ1) is 18.0. The highest BCUT2D eigenvalue weighted by Gasteiger charge is 2.37. The monoisotopic (exact) mass is 528 g/mol. The molecule has 38 heavy (non-hydrogen) atoms. The van der Waals surface area contributed by atoms with Crippen molar-refractivity contribution in [2.24, 2.45) is 14.1 Å². The quantitative estimate of drug-likeness (QED) is 0.381. The first-order valence-electron chi connectivity index (χ1n) is 11.8. The third-order valence-corrected chi connectivity index (χ3v) is 7.15. The molecular weight excluding hydrogens is 505 g/mol. The van der Waals surface area contributed by atoms with Crippen molar-refractivity contribution in [2.45, 2.75) is 31.5 Å². The number of benzene rings is 2. The van der Waals surface area contributed by atoms with Crippen LogP contribution in [0.25, 0.3) is 16.7 Å². The molecule has 1 aliphatic carbocycles. The number of methoxy groups -OCH3 is 1. The fourth-order valence-corrected chi connectivity index (χ4v) is 5.28. The minimum atomic E-state index is -4.60. The molecule has 1 atom stereocenters. The Hall–Kier alpha value is -4.35. The number of esters is 1. The summed E-state index contributed by atoms with van der Waals surface area (Å²) in [7, 11) is 4.25. The Morgan fingerprint density at radius 1 is 1.00 bits per heavy atom. The molecular formula is C26H23F3N4O5. The number of rotatable bonds is 3. The van der Waals surface area contributed by atoms with Gasteiger partial charge in [0.05, 0.1) is 35.4 Å². The predicted octanol–water partition coefficient (Wildman–Crippen LogP) is 2.92. The number of hydrogen-bond donors (Lipinski definition) is 0. The molecule has 0 bridgehead atoms. The van der Waals surface area contributed by atoms with Gasteiger partial charge in [0, 0.05) is 20.3 Å². The summed E-state index contributed by atoms with van der Waals surface area (Å²) in [5.74, 6) is -0.995. The number of ether oxygens (including phenoxy) is 1. The number of halogens is 3. The van der Waals surface area contributed by atoms with Crippen molar-refractivity contribution in [1.82, 2.24) is 18.3 Å². The number of fused-ring (bicyclic) bond motifs is 2. The maximum Gasteiger partial charge on any atom is 0.416 e. The van der Waals surface area contributed by atoms with Crippen molar-refractivity contribution in [1.29, 1.82) is 0 Å². The molecule has 0 saturated carbocycles. The van der Waals surface area contributed by atoms with E-state index in [1.807, 2.05) is 0 Å². The Balaban J connectivity index is 1.80. The second-order valence-electron chi connectivity index (χ2n) is 9.21. The Bertz CT molecular complexity index is 1790. The number of carbonyl (C=O) groups is 1. The van der Waals surface area contributed by atoms with Crippen molar-refractivity contribution in [3.05, 3.63) is 96.2 Å². The highest BCUT2D eigenvalue weighted by molar-refractivity contribution is 5.88. The van der Waals surface area contributed by atoms with Gasteiger partial charge in [0.15, 0.2) is 0 Å². The molecule has 0 amide bonds. The molecule has 0 aliphatic heterocycles. The average Bonchev–Trinajstić information content (AvgIpc) is 3.11. The van der Waals surface area contributed by atoms with E-state index < -0.39 is 40.6 Å². The molecule has 0 N–H and O–H groups in total. The number of hydrogen-bond acceptors (Lipinski definition) is 5. The van der Waals surface area contributed by atoms with E-state index in [9.17, 15) is 32.3 Å². The zero-order valence-electron chi connectivity index (χ0n) is 20.7. The summed E-state index contributed by atoms with van der Waals surface area (Å²) < 4.78 is 50.7. The molecule has 9 nitrogen and oxygen atoms in total. The fraction of sp³-hybridized carbons (Fsp3) is 0.308. The van der Waals surface area contributed by atoms with E-state index in [0.29, 0.717) is 17.5 Å². The molecule has 1 aliphatic rings. The molecule has 0 fully saturated rings. The van der Waals surface area contributed by atoms with Gasteiger partial charge < -0.3 is 4.74 Å². The van der Waals surface area contributed by atoms with E-state index in [2.05, 4.69) is 0 Å². The second-order valence-corrected chi connectivity index (χ2v) is 9.21. The molecule has 2 aromatic heterocycles. The van der Waals surface area contributed by atoms with Crippen LogP contribution in [0.4, 0.5) is 13.2 Å². The maximum atomic E-state index is 13.8. The van der Waals surface area contributed by atoms with Gasteiger partial charge in [-0.2, -0.15) is 13.2 Å². The van der Waals surface area contributed by atoms with Crippen LogP contribution >= 0.6 is 0 Å². The van der Waals surface area contributed by atoms with Crippen LogP contribution in [0.1, 0.15) is 45.9 Å². The van der Waals surface area contributed by atoms with Crippen molar-refractivity contribution in [2.75, 3.05) is 7.11 Å². The van der Waals surface area contributed by atoms with Crippen LogP contribution in [-0.4, -0.2) is 31.3 Å². The van der Waals surface area contributed by atoms with E-state index >= 15 is 0 Å². The van der Waals surface area contributed by atoms with Crippen LogP contribution in [0.5, 0.6) is 0 Å². The minimum Gasteiger partial charge on any atom is -0.465 e. The SMILES string of the molecule is COC(=O)c1cn(-c2ccc3c(c2)n(C)c(=O)n3C)c(=O)n(C2CCCc3c2cccc3C(F)(F)F)c1=O. The lowest BCUT2D eigenvalue weighted by atomic mass is 9.84. The standard InChI is InChI=1S/C26H23F3N4O5/c1-30-20-11-10-14(12-21(20)31(2)24(30)36)32-13-17(23(35)38-3)22(34)33(25(32)37)19-9-5-6-15-16(19)7-4-8-18(15)26(27,28)29/h4,7-8,10-13,19H,5-6,9H2,1-3H3. The summed E-state index contributed by atoms with van der Waals surface area (Å²) in [6.45, 7) is 0. The van der Waals surface area contributed by atoms with Gasteiger partial charge in [-0.25, -0.2) is 14.4 Å². The van der Waals surface area contributed by atoms with Crippen LogP contribution in [0.15, 0.2) is 57.0 Å². The third-order valence-electron chi connectivity index (χ3n) is 7.15. The number of nitrogens with zero attached hydrogens (tertiary/aromatic N) is 4. The summed E-state index contributed by atoms with van der Waals surface area (Å²) >= 11 is 0. The second kappa shape index (κ2) is 8.89. The average molecular weight is 528 g/mol. The lowest BCUT2D eigenvalue weighted by molar-refractivity contribution is -0.138. The van der Waals surface area contributed by atoms with E-state index in [0.717, 1.165) is 28.5 Å². The fourth-order valence-electron chi connectivity index (χ4n) is 5.28. The third kappa shape index (κ3) is 3.78. The zero-order chi connectivity index (χ0) is 27.5. The molecule has 0 saturated heterocycles. The van der Waals surface area contributed by atoms with Crippen LogP contribution in [0.3, 0.4) is 0 Å². The molecule has 2 heterocycles. The Morgan fingerprint density at radius 3 is 2.39 bits per heavy atom. The molecule has 4 aromatic rings. The first-order valence-corrected chi connectivity index (χ1v) is 11.8. The van der Waals surface area contributed by atoms with Crippen molar-refractivity contribution < 1.29 is 22.7 Å². The molecule has 198 valence electrons. The summed E-state index contributed by atoms with van der Waals surface area (Å²) in [4.78, 5) is 52.2. The van der Waals surface area contributed by atoms with Gasteiger partial charge in [0.1, 0.15) is 5.56 Å². The number of alkyl halides is 3. The van der Waals surface area contributed by atoms with Gasteiger partial charge in [-0.05, 0) is 54.7 Å². The summed E-state index contributed by atoms with van der Waals surface area (Å²) in [6, 6.07) is 7.41. The van der Waals surface area contributed by atoms with Crippen LogP contribution in [-0.2, 0) is 31.4 Å². The lowest BCUT2D eigenvalue weighted by Gasteiger charge is -2.29. The molecule has 5 rings (SSSR count). The van der Waals surface area contributed by atoms with Gasteiger partial charge in [-0.1, -0.05) is 12.1 Å². The van der Waals surface area contributed by atoms with Gasteiger partial charge in [-0.3, -0.25) is 23.1 Å². The largest absolute Gasteiger partial charge is 0.465 e. The normalized spacial score (nSPS) is 15.5. The Labute approximate surface area is 212 Å². The first kappa shape index (κ1) is 25.3. The Morgan fingerprint density at radius 2 is 1.71 bits per heavy atom. The predicted molar refractivity (Wildman–Crippen MR) is 132 cm³/mol. The zero-order valence-corrected chi connectivity index (χ0v) is 20.7. The van der Waals surface area contributed by atoms with E-state index in [1.165, 1.54) is 21.3 Å². The Kier molecular flexibility index (Phi) is 5.92. The van der Waals surface area contributed by atoms with Crippen molar-refractivity contribution >= 4 is 17.0 Å². The van der Waals surface area contributed by atoms with Gasteiger partial charge in [-0.15, -0.1) is 0 Å². The smallest absolute Gasteiger partial charge is 0.416 e. The number of aromatic nitrogens is 4. The van der Waals surface area contributed by atoms with E-state index in [4.69, 9.17) is 4.74 Å². The van der Waals surface area contributed by atoms with Crippen LogP contribution in [0, 0.1) is 0 Å². The topological polar surface area (TPSA) is 97.2 Å². The number of imidazole rings is 1. The van der Waals surface area contributed by atoms with Crippen LogP contribution in [0.2, 0.25) is 0 Å². The summed E-state index contributed by atoms with van der Waals surface area (Å²) in [6.07, 6.45) is -2.88. The number of carbonyl (C=O) groups excluding carboxylic acids is 1. The van der Waals surface area contributed by atoms with Crippen LogP contribution < -0.4 is 16.9 Å². The maximum absolute atomic E-state index is 13.8. The van der Waals surface area contributed by atoms with Gasteiger partial charge in [0.25, 0.3) is 5.56 Å². The number of aryl methyl sites for hydroxylation is 2. The molecule has 12 heteroatoms. The lowest BCUT2D eigenvalue weighted by Crippen LogP contribution is -2.45. The van der Waals surface area contributed by atoms with Crippen molar-refractivity contribution in [3.63, 3.8) is 0 Å². The highest BCUT2D eigenvalue weighted by atomic mass is 19.4. The van der Waals surface area contributed by atoms with Crippen molar-refractivity contribution in [3.8, 4) is 5.69 Å². The minimum absolute atomic E-state index is 0.0262. The summed E-state index contributed by atoms with van der Waals surface area (Å²) in [5, 5.41) is 0. The summed E-state index contributed by atoms with van der Waals surface area (Å²) in [5.41, 5.74) is -1.76. The highest BCUT2D eigenvalue weighted by Crippen LogP contribution is 2.40. The molecule has 0 spiro atoms. The molecule has 2 aromatic carbocycles. The van der Waals surface area contributed by atoms with Gasteiger partial charge in [0.2, 0.25) is 0 Å². The van der Waals surface area contributed by atoms with Gasteiger partial charge >= 0.3 is 23.5 Å². The van der Waals surface area contributed by atoms with E-state index in [-0.39, 0.29) is 35.3 Å². The van der Waals surface area contributed by atoms with E-state index in [1.54, 1.807) is 32.3 Å². The molecule has 1 unspecified atom stereocenters.